The lowest BCUT2D eigenvalue weighted by Crippen LogP contribution is -2.12. The van der Waals surface area contributed by atoms with Crippen molar-refractivity contribution in [1.29, 1.82) is 5.26 Å². The third-order valence-electron chi connectivity index (χ3n) is 3.59. The number of nitriles is 1. The van der Waals surface area contributed by atoms with E-state index in [4.69, 9.17) is 16.9 Å². The summed E-state index contributed by atoms with van der Waals surface area (Å²) in [6.07, 6.45) is 0. The molecule has 0 aromatic heterocycles. The van der Waals surface area contributed by atoms with Crippen molar-refractivity contribution < 1.29 is 8.42 Å². The molecule has 26 heavy (non-hydrogen) atoms. The highest BCUT2D eigenvalue weighted by Gasteiger charge is 2.13. The van der Waals surface area contributed by atoms with Crippen molar-refractivity contribution in [3.05, 3.63) is 83.4 Å². The quantitative estimate of drug-likeness (QED) is 0.665. The van der Waals surface area contributed by atoms with Crippen LogP contribution in [0.2, 0.25) is 5.02 Å². The molecule has 0 saturated carbocycles. The van der Waals surface area contributed by atoms with E-state index >= 15 is 0 Å². The average Bonchev–Trinajstić information content (AvgIpc) is 2.64. The number of nitrogens with zero attached hydrogens (tertiary/aromatic N) is 1. The van der Waals surface area contributed by atoms with Gasteiger partial charge in [-0.3, -0.25) is 4.72 Å². The molecular weight excluding hydrogens is 370 g/mol. The second kappa shape index (κ2) is 7.48. The summed E-state index contributed by atoms with van der Waals surface area (Å²) in [5.41, 5.74) is 2.38. The lowest BCUT2D eigenvalue weighted by atomic mass is 10.2. The number of anilines is 3. The highest BCUT2D eigenvalue weighted by molar-refractivity contribution is 7.92. The summed E-state index contributed by atoms with van der Waals surface area (Å²) in [5.74, 6) is 0. The van der Waals surface area contributed by atoms with Crippen LogP contribution in [0.3, 0.4) is 0 Å². The second-order valence-corrected chi connectivity index (χ2v) is 7.54. The van der Waals surface area contributed by atoms with Crippen molar-refractivity contribution in [3.63, 3.8) is 0 Å². The van der Waals surface area contributed by atoms with Crippen molar-refractivity contribution in [3.8, 4) is 6.07 Å². The van der Waals surface area contributed by atoms with Gasteiger partial charge in [-0.05, 0) is 60.7 Å². The lowest BCUT2D eigenvalue weighted by Gasteiger charge is -2.11. The molecule has 0 bridgehead atoms. The molecule has 0 radical (unpaired) electrons. The van der Waals surface area contributed by atoms with E-state index in [9.17, 15) is 8.42 Å². The first-order valence-electron chi connectivity index (χ1n) is 7.62. The van der Waals surface area contributed by atoms with Gasteiger partial charge in [0.1, 0.15) is 6.07 Å². The minimum atomic E-state index is -3.68. The molecule has 0 heterocycles. The second-order valence-electron chi connectivity index (χ2n) is 5.42. The number of benzene rings is 3. The maximum absolute atomic E-state index is 12.4. The molecule has 130 valence electrons. The Bertz CT molecular complexity index is 1060. The fourth-order valence-corrected chi connectivity index (χ4v) is 3.48. The number of hydrogen-bond acceptors (Lipinski definition) is 4. The standard InChI is InChI=1S/C19H14ClN3O2S/c20-15-5-11-18(12-6-15)26(24,25)23-17-9-7-16(8-10-17)22-19-4-2-1-3-14(19)13-21/h1-12,22-23H. The zero-order valence-electron chi connectivity index (χ0n) is 13.5. The third-order valence-corrected chi connectivity index (χ3v) is 5.24. The zero-order valence-corrected chi connectivity index (χ0v) is 15.1. The summed E-state index contributed by atoms with van der Waals surface area (Å²) in [4.78, 5) is 0.132. The summed E-state index contributed by atoms with van der Waals surface area (Å²) >= 11 is 5.79. The van der Waals surface area contributed by atoms with Gasteiger partial charge >= 0.3 is 0 Å². The van der Waals surface area contributed by atoms with Gasteiger partial charge in [0.15, 0.2) is 0 Å². The van der Waals surface area contributed by atoms with Crippen LogP contribution in [0.25, 0.3) is 0 Å². The highest BCUT2D eigenvalue weighted by atomic mass is 35.5. The summed E-state index contributed by atoms with van der Waals surface area (Å²) in [6.45, 7) is 0. The van der Waals surface area contributed by atoms with Crippen LogP contribution in [-0.2, 0) is 10.0 Å². The van der Waals surface area contributed by atoms with Gasteiger partial charge in [-0.2, -0.15) is 5.26 Å². The molecule has 0 aliphatic heterocycles. The Balaban J connectivity index is 1.75. The third kappa shape index (κ3) is 4.14. The van der Waals surface area contributed by atoms with Gasteiger partial charge in [0.2, 0.25) is 0 Å². The molecule has 0 aliphatic carbocycles. The minimum Gasteiger partial charge on any atom is -0.354 e. The van der Waals surface area contributed by atoms with E-state index in [1.807, 2.05) is 6.07 Å². The molecule has 7 heteroatoms. The van der Waals surface area contributed by atoms with Crippen molar-refractivity contribution >= 4 is 38.7 Å². The van der Waals surface area contributed by atoms with Crippen LogP contribution in [0.1, 0.15) is 5.56 Å². The van der Waals surface area contributed by atoms with Crippen LogP contribution < -0.4 is 10.0 Å². The van der Waals surface area contributed by atoms with E-state index in [0.29, 0.717) is 22.0 Å². The number of halogens is 1. The summed E-state index contributed by atoms with van der Waals surface area (Å²) in [5, 5.41) is 12.7. The van der Waals surface area contributed by atoms with Gasteiger partial charge in [0.05, 0.1) is 16.1 Å². The van der Waals surface area contributed by atoms with Crippen molar-refractivity contribution in [2.75, 3.05) is 10.0 Å². The summed E-state index contributed by atoms with van der Waals surface area (Å²) in [7, 11) is -3.68. The van der Waals surface area contributed by atoms with Crippen LogP contribution >= 0.6 is 11.6 Å². The average molecular weight is 384 g/mol. The monoisotopic (exact) mass is 383 g/mol. The van der Waals surface area contributed by atoms with E-state index in [1.165, 1.54) is 24.3 Å². The molecule has 0 fully saturated rings. The Kier molecular flexibility index (Phi) is 5.12. The van der Waals surface area contributed by atoms with Crippen molar-refractivity contribution in [2.45, 2.75) is 4.90 Å². The predicted octanol–water partition coefficient (Wildman–Crippen LogP) is 4.76. The fourth-order valence-electron chi connectivity index (χ4n) is 2.29. The molecule has 3 rings (SSSR count). The van der Waals surface area contributed by atoms with E-state index < -0.39 is 10.0 Å². The van der Waals surface area contributed by atoms with E-state index in [1.54, 1.807) is 42.5 Å². The highest BCUT2D eigenvalue weighted by Crippen LogP contribution is 2.23. The van der Waals surface area contributed by atoms with Crippen molar-refractivity contribution in [1.82, 2.24) is 0 Å². The number of rotatable bonds is 5. The number of sulfonamides is 1. The maximum Gasteiger partial charge on any atom is 0.261 e. The fraction of sp³-hybridized carbons (Fsp3) is 0. The molecule has 0 amide bonds. The molecule has 3 aromatic rings. The van der Waals surface area contributed by atoms with Crippen molar-refractivity contribution in [2.24, 2.45) is 0 Å². The summed E-state index contributed by atoms with van der Waals surface area (Å²) < 4.78 is 27.2. The molecule has 0 spiro atoms. The van der Waals surface area contributed by atoms with Gasteiger partial charge in [-0.25, -0.2) is 8.42 Å². The van der Waals surface area contributed by atoms with Crippen LogP contribution in [0.15, 0.2) is 77.7 Å². The molecule has 0 unspecified atom stereocenters. The molecular formula is C19H14ClN3O2S. The first kappa shape index (κ1) is 17.8. The van der Waals surface area contributed by atoms with Crippen LogP contribution in [0.4, 0.5) is 17.1 Å². The van der Waals surface area contributed by atoms with Gasteiger partial charge in [0.25, 0.3) is 10.0 Å². The number of hydrogen-bond donors (Lipinski definition) is 2. The van der Waals surface area contributed by atoms with E-state index in [0.717, 1.165) is 5.69 Å². The topological polar surface area (TPSA) is 82.0 Å². The van der Waals surface area contributed by atoms with Gasteiger partial charge in [-0.1, -0.05) is 23.7 Å². The molecule has 0 saturated heterocycles. The normalized spacial score (nSPS) is 10.8. The Morgan fingerprint density at radius 1 is 0.846 bits per heavy atom. The Morgan fingerprint density at radius 3 is 2.12 bits per heavy atom. The lowest BCUT2D eigenvalue weighted by molar-refractivity contribution is 0.601. The van der Waals surface area contributed by atoms with Gasteiger partial charge < -0.3 is 5.32 Å². The number of para-hydroxylation sites is 1. The maximum atomic E-state index is 12.4. The SMILES string of the molecule is N#Cc1ccccc1Nc1ccc(NS(=O)(=O)c2ccc(Cl)cc2)cc1. The van der Waals surface area contributed by atoms with Crippen LogP contribution in [-0.4, -0.2) is 8.42 Å². The summed E-state index contributed by atoms with van der Waals surface area (Å²) in [6, 6.07) is 21.9. The molecule has 0 atom stereocenters. The molecule has 3 aromatic carbocycles. The van der Waals surface area contributed by atoms with Gasteiger partial charge in [0, 0.05) is 16.4 Å². The van der Waals surface area contributed by atoms with E-state index in [-0.39, 0.29) is 4.90 Å². The Morgan fingerprint density at radius 2 is 1.46 bits per heavy atom. The Hall–Kier alpha value is -3.01. The largest absolute Gasteiger partial charge is 0.354 e. The predicted molar refractivity (Wildman–Crippen MR) is 103 cm³/mol. The first-order valence-corrected chi connectivity index (χ1v) is 9.49. The van der Waals surface area contributed by atoms with Gasteiger partial charge in [-0.15, -0.1) is 0 Å². The van der Waals surface area contributed by atoms with Crippen LogP contribution in [0, 0.1) is 11.3 Å². The number of nitrogens with one attached hydrogen (secondary N) is 2. The Labute approximate surface area is 156 Å². The van der Waals surface area contributed by atoms with Crippen LogP contribution in [0.5, 0.6) is 0 Å². The molecule has 5 nitrogen and oxygen atoms in total. The molecule has 2 N–H and O–H groups in total. The minimum absolute atomic E-state index is 0.132. The smallest absolute Gasteiger partial charge is 0.261 e. The molecule has 0 aliphatic rings. The first-order chi connectivity index (χ1) is 12.5. The zero-order chi connectivity index (χ0) is 18.6. The van der Waals surface area contributed by atoms with E-state index in [2.05, 4.69) is 16.1 Å².